The van der Waals surface area contributed by atoms with Crippen LogP contribution >= 0.6 is 11.8 Å². The predicted octanol–water partition coefficient (Wildman–Crippen LogP) is 4.96. The van der Waals surface area contributed by atoms with Gasteiger partial charge < -0.3 is 5.32 Å². The molecular weight excluding hydrogens is 354 g/mol. The number of nitrogens with one attached hydrogen (secondary N) is 1. The van der Waals surface area contributed by atoms with Gasteiger partial charge in [0.2, 0.25) is 5.91 Å². The molecule has 0 aliphatic rings. The molecule has 1 heterocycles. The van der Waals surface area contributed by atoms with Crippen LogP contribution in [0.15, 0.2) is 53.6 Å². The first-order valence-corrected chi connectivity index (χ1v) is 9.97. The fourth-order valence-corrected chi connectivity index (χ4v) is 3.65. The molecule has 0 saturated heterocycles. The maximum Gasteiger partial charge on any atom is 0.234 e. The smallest absolute Gasteiger partial charge is 0.234 e. The fraction of sp³-hybridized carbons (Fsp3) is 0.227. The fourth-order valence-electron chi connectivity index (χ4n) is 2.89. The number of pyridine rings is 1. The number of carbonyl (C=O) groups excluding carboxylic acids is 1. The molecule has 0 unspecified atom stereocenters. The van der Waals surface area contributed by atoms with Gasteiger partial charge in [0, 0.05) is 11.1 Å². The van der Waals surface area contributed by atoms with Crippen molar-refractivity contribution in [3.8, 4) is 6.07 Å². The van der Waals surface area contributed by atoms with E-state index in [4.69, 9.17) is 0 Å². The van der Waals surface area contributed by atoms with Crippen molar-refractivity contribution >= 4 is 34.3 Å². The van der Waals surface area contributed by atoms with Gasteiger partial charge in [-0.15, -0.1) is 0 Å². The van der Waals surface area contributed by atoms with E-state index in [-0.39, 0.29) is 11.7 Å². The summed E-state index contributed by atoms with van der Waals surface area (Å²) in [5.74, 6) is 0.103. The van der Waals surface area contributed by atoms with Gasteiger partial charge in [0.15, 0.2) is 0 Å². The average molecular weight is 375 g/mol. The number of amides is 1. The maximum atomic E-state index is 12.4. The standard InChI is InChI=1S/C22H21N3OS/c1-3-15-9-10-20-17(11-15)12-18(13-23)22(25-20)27-14-21(26)24-19-8-6-5-7-16(19)4-2/h5-12H,3-4,14H2,1-2H3,(H,24,26). The molecule has 0 spiro atoms. The first-order chi connectivity index (χ1) is 13.1. The molecule has 4 nitrogen and oxygen atoms in total. The molecule has 3 rings (SSSR count). The number of carbonyl (C=O) groups is 1. The summed E-state index contributed by atoms with van der Waals surface area (Å²) in [5.41, 5.74) is 4.49. The number of benzene rings is 2. The zero-order valence-corrected chi connectivity index (χ0v) is 16.3. The number of nitriles is 1. The average Bonchev–Trinajstić information content (AvgIpc) is 2.71. The zero-order valence-electron chi connectivity index (χ0n) is 15.5. The van der Waals surface area contributed by atoms with E-state index in [9.17, 15) is 10.1 Å². The second kappa shape index (κ2) is 8.70. The van der Waals surface area contributed by atoms with Crippen molar-refractivity contribution in [1.82, 2.24) is 4.98 Å². The van der Waals surface area contributed by atoms with Crippen molar-refractivity contribution in [2.75, 3.05) is 11.1 Å². The summed E-state index contributed by atoms with van der Waals surface area (Å²) in [6.07, 6.45) is 1.79. The van der Waals surface area contributed by atoms with Crippen molar-refractivity contribution in [2.24, 2.45) is 0 Å². The molecule has 0 aliphatic carbocycles. The van der Waals surface area contributed by atoms with Crippen LogP contribution in [0.25, 0.3) is 10.9 Å². The van der Waals surface area contributed by atoms with Crippen LogP contribution in [0.3, 0.4) is 0 Å². The Morgan fingerprint density at radius 3 is 2.70 bits per heavy atom. The molecule has 136 valence electrons. The van der Waals surface area contributed by atoms with E-state index >= 15 is 0 Å². The number of hydrogen-bond acceptors (Lipinski definition) is 4. The third-order valence-corrected chi connectivity index (χ3v) is 5.38. The molecule has 2 aromatic carbocycles. The number of fused-ring (bicyclic) bond motifs is 1. The van der Waals surface area contributed by atoms with E-state index in [1.807, 2.05) is 42.5 Å². The number of nitrogens with zero attached hydrogens (tertiary/aromatic N) is 2. The molecule has 3 aromatic rings. The molecule has 27 heavy (non-hydrogen) atoms. The van der Waals surface area contributed by atoms with Gasteiger partial charge in [0.25, 0.3) is 0 Å². The third kappa shape index (κ3) is 4.47. The van der Waals surface area contributed by atoms with Gasteiger partial charge in [-0.25, -0.2) is 4.98 Å². The molecule has 0 atom stereocenters. The third-order valence-electron chi connectivity index (χ3n) is 4.39. The van der Waals surface area contributed by atoms with Gasteiger partial charge in [0.05, 0.1) is 16.8 Å². The first kappa shape index (κ1) is 18.9. The quantitative estimate of drug-likeness (QED) is 0.618. The molecule has 1 N–H and O–H groups in total. The van der Waals surface area contributed by atoms with Crippen LogP contribution in [-0.4, -0.2) is 16.6 Å². The van der Waals surface area contributed by atoms with E-state index in [0.29, 0.717) is 10.6 Å². The summed E-state index contributed by atoms with van der Waals surface area (Å²) in [4.78, 5) is 17.0. The number of aryl methyl sites for hydroxylation is 2. The van der Waals surface area contributed by atoms with Gasteiger partial charge in [-0.3, -0.25) is 4.79 Å². The molecule has 1 aromatic heterocycles. The monoisotopic (exact) mass is 375 g/mol. The maximum absolute atomic E-state index is 12.4. The number of anilines is 1. The predicted molar refractivity (Wildman–Crippen MR) is 111 cm³/mol. The Labute approximate surface area is 163 Å². The van der Waals surface area contributed by atoms with Gasteiger partial charge in [-0.1, -0.05) is 49.9 Å². The van der Waals surface area contributed by atoms with Crippen molar-refractivity contribution < 1.29 is 4.79 Å². The number of aromatic nitrogens is 1. The van der Waals surface area contributed by atoms with Crippen LogP contribution in [0.2, 0.25) is 0 Å². The van der Waals surface area contributed by atoms with Crippen LogP contribution in [-0.2, 0) is 17.6 Å². The lowest BCUT2D eigenvalue weighted by Gasteiger charge is -2.10. The highest BCUT2D eigenvalue weighted by Gasteiger charge is 2.12. The summed E-state index contributed by atoms with van der Waals surface area (Å²) in [7, 11) is 0. The van der Waals surface area contributed by atoms with Crippen LogP contribution < -0.4 is 5.32 Å². The van der Waals surface area contributed by atoms with Crippen molar-refractivity contribution in [3.63, 3.8) is 0 Å². The normalized spacial score (nSPS) is 10.6. The lowest BCUT2D eigenvalue weighted by atomic mass is 10.1. The minimum Gasteiger partial charge on any atom is -0.325 e. The van der Waals surface area contributed by atoms with E-state index in [1.165, 1.54) is 17.3 Å². The van der Waals surface area contributed by atoms with Gasteiger partial charge in [-0.2, -0.15) is 5.26 Å². The SMILES string of the molecule is CCc1ccc2nc(SCC(=O)Nc3ccccc3CC)c(C#N)cc2c1. The number of rotatable bonds is 6. The molecule has 5 heteroatoms. The Balaban J connectivity index is 1.76. The van der Waals surface area contributed by atoms with E-state index in [2.05, 4.69) is 36.3 Å². The Morgan fingerprint density at radius 2 is 1.96 bits per heavy atom. The largest absolute Gasteiger partial charge is 0.325 e. The van der Waals surface area contributed by atoms with Crippen LogP contribution in [0.5, 0.6) is 0 Å². The highest BCUT2D eigenvalue weighted by Crippen LogP contribution is 2.26. The lowest BCUT2D eigenvalue weighted by Crippen LogP contribution is -2.15. The van der Waals surface area contributed by atoms with Gasteiger partial charge >= 0.3 is 0 Å². The summed E-state index contributed by atoms with van der Waals surface area (Å²) >= 11 is 1.29. The minimum atomic E-state index is -0.104. The molecule has 0 fully saturated rings. The molecular formula is C22H21N3OS. The minimum absolute atomic E-state index is 0.104. The second-order valence-corrected chi connectivity index (χ2v) is 7.15. The van der Waals surface area contributed by atoms with Crippen LogP contribution in [0, 0.1) is 11.3 Å². The Morgan fingerprint density at radius 1 is 1.15 bits per heavy atom. The second-order valence-electron chi connectivity index (χ2n) is 6.18. The topological polar surface area (TPSA) is 65.8 Å². The summed E-state index contributed by atoms with van der Waals surface area (Å²) in [5, 5.41) is 14.0. The molecule has 0 bridgehead atoms. The highest BCUT2D eigenvalue weighted by atomic mass is 32.2. The Bertz CT molecular complexity index is 1020. The van der Waals surface area contributed by atoms with E-state index in [1.54, 1.807) is 0 Å². The summed E-state index contributed by atoms with van der Waals surface area (Å²) < 4.78 is 0. The van der Waals surface area contributed by atoms with Crippen molar-refractivity contribution in [1.29, 1.82) is 5.26 Å². The summed E-state index contributed by atoms with van der Waals surface area (Å²) in [6.45, 7) is 4.15. The number of hydrogen-bond donors (Lipinski definition) is 1. The molecule has 0 aliphatic heterocycles. The molecule has 0 radical (unpaired) electrons. The van der Waals surface area contributed by atoms with Crippen LogP contribution in [0.4, 0.5) is 5.69 Å². The Hall–Kier alpha value is -2.84. The lowest BCUT2D eigenvalue weighted by molar-refractivity contribution is -0.113. The summed E-state index contributed by atoms with van der Waals surface area (Å²) in [6, 6.07) is 17.9. The first-order valence-electron chi connectivity index (χ1n) is 8.99. The van der Waals surface area contributed by atoms with Crippen LogP contribution in [0.1, 0.15) is 30.5 Å². The number of para-hydroxylation sites is 1. The Kier molecular flexibility index (Phi) is 6.10. The molecule has 0 saturated carbocycles. The van der Waals surface area contributed by atoms with Gasteiger partial charge in [-0.05, 0) is 48.2 Å². The van der Waals surface area contributed by atoms with E-state index in [0.717, 1.165) is 35.0 Å². The van der Waals surface area contributed by atoms with E-state index < -0.39 is 0 Å². The van der Waals surface area contributed by atoms with Crippen molar-refractivity contribution in [3.05, 3.63) is 65.2 Å². The molecule has 1 amide bonds. The zero-order chi connectivity index (χ0) is 19.2. The number of thioether (sulfide) groups is 1. The van der Waals surface area contributed by atoms with Crippen molar-refractivity contribution in [2.45, 2.75) is 31.7 Å². The van der Waals surface area contributed by atoms with Gasteiger partial charge in [0.1, 0.15) is 11.1 Å². The highest BCUT2D eigenvalue weighted by molar-refractivity contribution is 8.00.